The molecule has 0 saturated carbocycles. The summed E-state index contributed by atoms with van der Waals surface area (Å²) in [5.41, 5.74) is 2.87. The molecule has 0 aliphatic carbocycles. The van der Waals surface area contributed by atoms with Crippen LogP contribution in [0.2, 0.25) is 0 Å². The monoisotopic (exact) mass is 250 g/mol. The van der Waals surface area contributed by atoms with Crippen LogP contribution in [0.3, 0.4) is 0 Å². The van der Waals surface area contributed by atoms with Crippen LogP contribution in [-0.4, -0.2) is 9.55 Å². The number of aromatic nitrogens is 2. The van der Waals surface area contributed by atoms with Gasteiger partial charge in [-0.2, -0.15) is 6.07 Å². The molecule has 0 unspecified atom stereocenters. The first kappa shape index (κ1) is 9.35. The molecule has 2 heterocycles. The van der Waals surface area contributed by atoms with Gasteiger partial charge in [-0.15, -0.1) is 5.56 Å². The minimum absolute atomic E-state index is 0. The van der Waals surface area contributed by atoms with Gasteiger partial charge >= 0.3 is 0 Å². The summed E-state index contributed by atoms with van der Waals surface area (Å²) in [6, 6.07) is 2.40. The van der Waals surface area contributed by atoms with Crippen LogP contribution in [-0.2, 0) is 39.8 Å². The first-order chi connectivity index (χ1) is 6.13. The van der Waals surface area contributed by atoms with Crippen molar-refractivity contribution in [3.05, 3.63) is 29.6 Å². The largest absolute Gasteiger partial charge is 0.386 e. The van der Waals surface area contributed by atoms with Crippen molar-refractivity contribution >= 4 is 11.0 Å². The molecule has 2 nitrogen and oxygen atoms in total. The quantitative estimate of drug-likeness (QED) is 0.654. The molecule has 1 radical (unpaired) electrons. The van der Waals surface area contributed by atoms with Gasteiger partial charge in [-0.05, 0) is 6.92 Å². The van der Waals surface area contributed by atoms with Crippen molar-refractivity contribution in [1.82, 2.24) is 9.55 Å². The standard InChI is InChI=1S/C10H11N2.Y/c1-7-4-5-11-10-9(7)6-8(2)12(10)3;/h4,6H,1-3H3;/q-1;/i6T;. The van der Waals surface area contributed by atoms with Crippen LogP contribution < -0.4 is 0 Å². The predicted molar refractivity (Wildman–Crippen MR) is 49.0 cm³/mol. The molecule has 0 aliphatic heterocycles. The van der Waals surface area contributed by atoms with Gasteiger partial charge in [0.05, 0.1) is 1.37 Å². The van der Waals surface area contributed by atoms with Gasteiger partial charge in [-0.3, -0.25) is 0 Å². The summed E-state index contributed by atoms with van der Waals surface area (Å²) in [5.74, 6) is 0. The molecule has 0 aliphatic rings. The first-order valence-electron chi connectivity index (χ1n) is 4.42. The Morgan fingerprint density at radius 1 is 1.54 bits per heavy atom. The molecule has 0 atom stereocenters. The van der Waals surface area contributed by atoms with Crippen molar-refractivity contribution in [2.24, 2.45) is 7.05 Å². The molecule has 0 N–H and O–H groups in total. The van der Waals surface area contributed by atoms with Gasteiger partial charge in [0.25, 0.3) is 0 Å². The average molecular weight is 250 g/mol. The Labute approximate surface area is 105 Å². The van der Waals surface area contributed by atoms with E-state index in [0.29, 0.717) is 6.04 Å². The number of fused-ring (bicyclic) bond motifs is 1. The summed E-state index contributed by atoms with van der Waals surface area (Å²) < 4.78 is 9.81. The van der Waals surface area contributed by atoms with Crippen molar-refractivity contribution < 1.29 is 34.1 Å². The summed E-state index contributed by atoms with van der Waals surface area (Å²) in [7, 11) is 1.93. The van der Waals surface area contributed by atoms with Gasteiger partial charge in [-0.25, -0.2) is 0 Å². The maximum Gasteiger partial charge on any atom is 0.0626 e. The van der Waals surface area contributed by atoms with E-state index in [4.69, 9.17) is 1.37 Å². The van der Waals surface area contributed by atoms with E-state index in [1.165, 1.54) is 0 Å². The second kappa shape index (κ2) is 3.89. The molecule has 2 aromatic heterocycles. The van der Waals surface area contributed by atoms with Crippen molar-refractivity contribution in [2.45, 2.75) is 13.8 Å². The average Bonchev–Trinajstić information content (AvgIpc) is 2.33. The maximum absolute atomic E-state index is 7.88. The molecule has 65 valence electrons. The van der Waals surface area contributed by atoms with E-state index < -0.39 is 0 Å². The second-order valence-corrected chi connectivity index (χ2v) is 3.04. The smallest absolute Gasteiger partial charge is 0.0626 e. The van der Waals surface area contributed by atoms with Crippen LogP contribution in [0.5, 0.6) is 0 Å². The van der Waals surface area contributed by atoms with E-state index in [0.717, 1.165) is 22.3 Å². The fourth-order valence-electron chi connectivity index (χ4n) is 1.32. The van der Waals surface area contributed by atoms with E-state index in [9.17, 15) is 0 Å². The SMILES string of the molecule is [3H]c1c(C)n(C)c2n[c-]cc(C)c12.[Y]. The Hall–Kier alpha value is -0.206. The van der Waals surface area contributed by atoms with Crippen LogP contribution in [0.4, 0.5) is 0 Å². The van der Waals surface area contributed by atoms with Gasteiger partial charge in [0, 0.05) is 51.1 Å². The molecule has 3 heteroatoms. The Bertz CT molecular complexity index is 476. The topological polar surface area (TPSA) is 17.8 Å². The van der Waals surface area contributed by atoms with Crippen LogP contribution in [0.15, 0.2) is 12.1 Å². The molecule has 0 saturated heterocycles. The fraction of sp³-hybridized carbons (Fsp3) is 0.300. The third-order valence-corrected chi connectivity index (χ3v) is 2.20. The minimum Gasteiger partial charge on any atom is -0.386 e. The fourth-order valence-corrected chi connectivity index (χ4v) is 1.32. The number of hydrogen-bond donors (Lipinski definition) is 0. The third kappa shape index (κ3) is 1.70. The molecular formula is C10H11N2Y-. The second-order valence-electron chi connectivity index (χ2n) is 3.04. The normalized spacial score (nSPS) is 11.2. The van der Waals surface area contributed by atoms with Gasteiger partial charge in [-0.1, -0.05) is 24.5 Å². The van der Waals surface area contributed by atoms with Crippen LogP contribution in [0.25, 0.3) is 11.0 Å². The molecule has 0 aromatic carbocycles. The molecule has 0 bridgehead atoms. The van der Waals surface area contributed by atoms with Gasteiger partial charge in [0.15, 0.2) is 0 Å². The Morgan fingerprint density at radius 3 is 2.85 bits per heavy atom. The molecule has 0 spiro atoms. The molecule has 0 fully saturated rings. The zero-order chi connectivity index (χ0) is 9.59. The molecule has 2 rings (SSSR count). The van der Waals surface area contributed by atoms with Crippen LogP contribution in [0.1, 0.15) is 12.6 Å². The maximum atomic E-state index is 7.88. The third-order valence-electron chi connectivity index (χ3n) is 2.20. The number of nitrogens with zero attached hydrogens (tertiary/aromatic N) is 2. The van der Waals surface area contributed by atoms with Gasteiger partial charge in [0.1, 0.15) is 0 Å². The van der Waals surface area contributed by atoms with Crippen molar-refractivity contribution in [2.75, 3.05) is 0 Å². The summed E-state index contributed by atoms with van der Waals surface area (Å²) >= 11 is 0. The number of pyridine rings is 1. The zero-order valence-electron chi connectivity index (χ0n) is 9.05. The van der Waals surface area contributed by atoms with Crippen LogP contribution >= 0.6 is 0 Å². The number of hydrogen-bond acceptors (Lipinski definition) is 1. The van der Waals surface area contributed by atoms with Gasteiger partial charge < -0.3 is 9.55 Å². The first-order valence-corrected chi connectivity index (χ1v) is 3.92. The minimum atomic E-state index is 0. The predicted octanol–water partition coefficient (Wildman–Crippen LogP) is 1.99. The number of aryl methyl sites for hydroxylation is 2. The molecule has 13 heavy (non-hydrogen) atoms. The summed E-state index contributed by atoms with van der Waals surface area (Å²) in [6.07, 6.45) is 2.83. The summed E-state index contributed by atoms with van der Waals surface area (Å²) in [6.45, 7) is 3.92. The van der Waals surface area contributed by atoms with E-state index in [-0.39, 0.29) is 32.7 Å². The van der Waals surface area contributed by atoms with E-state index in [1.54, 1.807) is 0 Å². The van der Waals surface area contributed by atoms with E-state index in [2.05, 4.69) is 11.2 Å². The Balaban J connectivity index is 0.000000980. The summed E-state index contributed by atoms with van der Waals surface area (Å²) in [4.78, 5) is 4.14. The molecular weight excluding hydrogens is 237 g/mol. The zero-order valence-corrected chi connectivity index (χ0v) is 10.9. The molecule has 0 amide bonds. The number of rotatable bonds is 0. The van der Waals surface area contributed by atoms with Crippen LogP contribution in [0, 0.1) is 20.0 Å². The van der Waals surface area contributed by atoms with Crippen molar-refractivity contribution in [3.8, 4) is 0 Å². The Morgan fingerprint density at radius 2 is 2.23 bits per heavy atom. The van der Waals surface area contributed by atoms with Crippen molar-refractivity contribution in [1.29, 1.82) is 0 Å². The van der Waals surface area contributed by atoms with E-state index in [1.807, 2.05) is 31.5 Å². The van der Waals surface area contributed by atoms with Gasteiger partial charge in [0.2, 0.25) is 0 Å². The summed E-state index contributed by atoms with van der Waals surface area (Å²) in [5, 5.41) is 0.943. The van der Waals surface area contributed by atoms with Crippen molar-refractivity contribution in [3.63, 3.8) is 0 Å². The Kier molecular flexibility index (Phi) is 2.80. The molecule has 2 aromatic rings. The van der Waals surface area contributed by atoms with E-state index >= 15 is 0 Å².